The molecule has 22 heavy (non-hydrogen) atoms. The van der Waals surface area contributed by atoms with E-state index in [4.69, 9.17) is 4.74 Å². The van der Waals surface area contributed by atoms with Gasteiger partial charge in [-0.3, -0.25) is 4.90 Å². The Morgan fingerprint density at radius 1 is 1.23 bits per heavy atom. The zero-order valence-electron chi connectivity index (χ0n) is 13.4. The topological polar surface area (TPSA) is 32.8 Å². The van der Waals surface area contributed by atoms with Crippen molar-refractivity contribution in [3.63, 3.8) is 0 Å². The van der Waals surface area contributed by atoms with E-state index in [1.807, 2.05) is 36.6 Å². The van der Waals surface area contributed by atoms with Crippen LogP contribution in [-0.2, 0) is 4.74 Å². The summed E-state index contributed by atoms with van der Waals surface area (Å²) in [6.45, 7) is 7.50. The maximum Gasteiger partial charge on any atom is 0.410 e. The zero-order valence-corrected chi connectivity index (χ0v) is 13.4. The zero-order chi connectivity index (χ0) is 16.0. The second kappa shape index (κ2) is 5.14. The number of piperazine rings is 1. The summed E-state index contributed by atoms with van der Waals surface area (Å²) < 4.78 is 19.5. The van der Waals surface area contributed by atoms with Gasteiger partial charge >= 0.3 is 6.09 Å². The van der Waals surface area contributed by atoms with Crippen molar-refractivity contribution in [3.05, 3.63) is 30.1 Å². The van der Waals surface area contributed by atoms with E-state index in [9.17, 15) is 9.18 Å². The molecule has 0 aromatic heterocycles. The Bertz CT molecular complexity index is 578. The summed E-state index contributed by atoms with van der Waals surface area (Å²) in [7, 11) is 0. The number of hydrogen-bond acceptors (Lipinski definition) is 3. The van der Waals surface area contributed by atoms with Gasteiger partial charge in [0.25, 0.3) is 0 Å². The molecule has 1 aliphatic heterocycles. The average Bonchev–Trinajstić information content (AvgIpc) is 3.17. The number of anilines is 1. The van der Waals surface area contributed by atoms with Crippen LogP contribution in [0.1, 0.15) is 33.6 Å². The van der Waals surface area contributed by atoms with Crippen LogP contribution in [0.5, 0.6) is 0 Å². The maximum atomic E-state index is 14.0. The van der Waals surface area contributed by atoms with Crippen LogP contribution >= 0.6 is 0 Å². The highest BCUT2D eigenvalue weighted by Crippen LogP contribution is 2.45. The lowest BCUT2D eigenvalue weighted by molar-refractivity contribution is 0.0106. The summed E-state index contributed by atoms with van der Waals surface area (Å²) in [6, 6.07) is 6.82. The van der Waals surface area contributed by atoms with Gasteiger partial charge in [0.15, 0.2) is 0 Å². The maximum absolute atomic E-state index is 14.0. The van der Waals surface area contributed by atoms with E-state index in [0.717, 1.165) is 12.8 Å². The van der Waals surface area contributed by atoms with Gasteiger partial charge in [0, 0.05) is 19.6 Å². The molecule has 2 fully saturated rings. The summed E-state index contributed by atoms with van der Waals surface area (Å²) in [5.74, 6) is -0.205. The molecular weight excluding hydrogens is 283 g/mol. The fourth-order valence-corrected chi connectivity index (χ4v) is 3.07. The molecule has 0 N–H and O–H groups in total. The van der Waals surface area contributed by atoms with Gasteiger partial charge in [-0.15, -0.1) is 0 Å². The fourth-order valence-electron chi connectivity index (χ4n) is 3.07. The van der Waals surface area contributed by atoms with Crippen LogP contribution < -0.4 is 4.90 Å². The van der Waals surface area contributed by atoms with E-state index >= 15 is 0 Å². The van der Waals surface area contributed by atoms with Gasteiger partial charge in [0.1, 0.15) is 11.4 Å². The molecule has 1 aliphatic carbocycles. The van der Waals surface area contributed by atoms with Crippen molar-refractivity contribution >= 4 is 11.8 Å². The van der Waals surface area contributed by atoms with E-state index in [0.29, 0.717) is 25.3 Å². The molecule has 120 valence electrons. The summed E-state index contributed by atoms with van der Waals surface area (Å²) in [5, 5.41) is 0. The largest absolute Gasteiger partial charge is 0.444 e. The molecule has 0 unspecified atom stereocenters. The van der Waals surface area contributed by atoms with Crippen LogP contribution in [0.15, 0.2) is 24.3 Å². The van der Waals surface area contributed by atoms with Gasteiger partial charge in [-0.1, -0.05) is 12.1 Å². The van der Waals surface area contributed by atoms with Gasteiger partial charge in [-0.2, -0.15) is 0 Å². The number of amides is 1. The second-order valence-corrected chi connectivity index (χ2v) is 7.23. The number of ether oxygens (including phenoxy) is 1. The molecule has 0 bridgehead atoms. The van der Waals surface area contributed by atoms with Gasteiger partial charge in [0.2, 0.25) is 0 Å². The first-order valence-corrected chi connectivity index (χ1v) is 7.81. The van der Waals surface area contributed by atoms with Crippen molar-refractivity contribution in [2.75, 3.05) is 24.5 Å². The number of carbonyl (C=O) groups is 1. The summed E-state index contributed by atoms with van der Waals surface area (Å²) in [5.41, 5.74) is -0.0452. The normalized spacial score (nSPS) is 20.2. The van der Waals surface area contributed by atoms with E-state index in [1.54, 1.807) is 12.1 Å². The predicted octanol–water partition coefficient (Wildman–Crippen LogP) is 3.42. The minimum absolute atomic E-state index is 0.178. The van der Waals surface area contributed by atoms with Crippen molar-refractivity contribution in [2.24, 2.45) is 0 Å². The number of rotatable bonds is 1. The van der Waals surface area contributed by atoms with Crippen molar-refractivity contribution < 1.29 is 13.9 Å². The van der Waals surface area contributed by atoms with Crippen molar-refractivity contribution in [1.29, 1.82) is 0 Å². The van der Waals surface area contributed by atoms with Crippen LogP contribution in [0.3, 0.4) is 0 Å². The third kappa shape index (κ3) is 2.89. The van der Waals surface area contributed by atoms with Gasteiger partial charge < -0.3 is 9.64 Å². The third-order valence-electron chi connectivity index (χ3n) is 4.29. The smallest absolute Gasteiger partial charge is 0.410 e. The Morgan fingerprint density at radius 2 is 1.91 bits per heavy atom. The Morgan fingerprint density at radius 3 is 2.50 bits per heavy atom. The van der Waals surface area contributed by atoms with E-state index in [-0.39, 0.29) is 17.4 Å². The first-order chi connectivity index (χ1) is 10.3. The van der Waals surface area contributed by atoms with Crippen LogP contribution in [0.2, 0.25) is 0 Å². The lowest BCUT2D eigenvalue weighted by atomic mass is 10.1. The molecule has 1 saturated carbocycles. The second-order valence-electron chi connectivity index (χ2n) is 7.23. The van der Waals surface area contributed by atoms with E-state index in [1.165, 1.54) is 6.07 Å². The highest BCUT2D eigenvalue weighted by atomic mass is 19.1. The highest BCUT2D eigenvalue weighted by Gasteiger charge is 2.54. The molecule has 2 aliphatic rings. The van der Waals surface area contributed by atoms with Gasteiger partial charge in [-0.05, 0) is 45.7 Å². The lowest BCUT2D eigenvalue weighted by Crippen LogP contribution is -2.58. The van der Waals surface area contributed by atoms with Crippen LogP contribution in [-0.4, -0.2) is 41.8 Å². The Kier molecular flexibility index (Phi) is 3.54. The van der Waals surface area contributed by atoms with Gasteiger partial charge in [-0.25, -0.2) is 9.18 Å². The number of halogens is 1. The average molecular weight is 306 g/mol. The molecule has 1 spiro atoms. The summed E-state index contributed by atoms with van der Waals surface area (Å²) in [6.07, 6.45) is 1.66. The van der Waals surface area contributed by atoms with Crippen LogP contribution in [0.25, 0.3) is 0 Å². The lowest BCUT2D eigenvalue weighted by Gasteiger charge is -2.43. The first-order valence-electron chi connectivity index (χ1n) is 7.81. The van der Waals surface area contributed by atoms with Crippen LogP contribution in [0.4, 0.5) is 14.9 Å². The third-order valence-corrected chi connectivity index (χ3v) is 4.29. The van der Waals surface area contributed by atoms with Crippen molar-refractivity contribution in [1.82, 2.24) is 4.90 Å². The number of hydrogen-bond donors (Lipinski definition) is 0. The molecule has 5 heteroatoms. The number of para-hydroxylation sites is 1. The molecule has 1 heterocycles. The first kappa shape index (κ1) is 15.1. The highest BCUT2D eigenvalue weighted by molar-refractivity contribution is 5.71. The number of benzene rings is 1. The van der Waals surface area contributed by atoms with E-state index in [2.05, 4.69) is 0 Å². The van der Waals surface area contributed by atoms with Gasteiger partial charge in [0.05, 0.1) is 11.2 Å². The van der Waals surface area contributed by atoms with Crippen LogP contribution in [0, 0.1) is 5.82 Å². The standard InChI is InChI=1S/C17H23FN2O2/c1-16(2,3)22-15(21)20-11-10-19(12-17(20)8-9-17)14-7-5-4-6-13(14)18/h4-7H,8-12H2,1-3H3. The quantitative estimate of drug-likeness (QED) is 0.797. The summed E-state index contributed by atoms with van der Waals surface area (Å²) in [4.78, 5) is 16.3. The Balaban J connectivity index is 1.74. The molecule has 1 saturated heterocycles. The van der Waals surface area contributed by atoms with E-state index < -0.39 is 5.60 Å². The molecule has 0 radical (unpaired) electrons. The molecule has 4 nitrogen and oxygen atoms in total. The molecule has 0 atom stereocenters. The summed E-state index contributed by atoms with van der Waals surface area (Å²) >= 11 is 0. The molecule has 3 rings (SSSR count). The molecular formula is C17H23FN2O2. The predicted molar refractivity (Wildman–Crippen MR) is 83.5 cm³/mol. The minimum atomic E-state index is -0.490. The fraction of sp³-hybridized carbons (Fsp3) is 0.588. The Hall–Kier alpha value is -1.78. The SMILES string of the molecule is CC(C)(C)OC(=O)N1CCN(c2ccccc2F)CC12CC2. The molecule has 1 aromatic carbocycles. The minimum Gasteiger partial charge on any atom is -0.444 e. The van der Waals surface area contributed by atoms with Crippen molar-refractivity contribution in [3.8, 4) is 0 Å². The monoisotopic (exact) mass is 306 g/mol. The Labute approximate surface area is 130 Å². The van der Waals surface area contributed by atoms with Crippen molar-refractivity contribution in [2.45, 2.75) is 44.8 Å². The number of nitrogens with zero attached hydrogens (tertiary/aromatic N) is 2. The number of carbonyl (C=O) groups excluding carboxylic acids is 1. The molecule has 1 amide bonds. The molecule has 1 aromatic rings.